The number of carbonyl (C=O) groups is 1. The number of non-ortho nitro benzene ring substituents is 1. The fourth-order valence-corrected chi connectivity index (χ4v) is 1.09. The monoisotopic (exact) mass is 246 g/mol. The lowest BCUT2D eigenvalue weighted by atomic mass is 10.1. The van der Waals surface area contributed by atoms with E-state index in [4.69, 9.17) is 0 Å². The summed E-state index contributed by atoms with van der Waals surface area (Å²) in [7, 11) is 0. The molecule has 92 valence electrons. The van der Waals surface area contributed by atoms with Gasteiger partial charge in [0, 0.05) is 6.07 Å². The van der Waals surface area contributed by atoms with Crippen LogP contribution in [0.5, 0.6) is 5.75 Å². The third-order valence-corrected chi connectivity index (χ3v) is 1.85. The van der Waals surface area contributed by atoms with Crippen LogP contribution >= 0.6 is 0 Å². The van der Waals surface area contributed by atoms with Crippen LogP contribution in [0, 0.1) is 10.1 Å². The Hall–Kier alpha value is -2.25. The Morgan fingerprint density at radius 1 is 1.53 bits per heavy atom. The number of halogens is 2. The van der Waals surface area contributed by atoms with Crippen LogP contribution in [0.25, 0.3) is 0 Å². The number of nitro groups is 1. The van der Waals surface area contributed by atoms with Crippen LogP contribution in [0.4, 0.5) is 14.5 Å². The number of nitrogens with zero attached hydrogens (tertiary/aromatic N) is 1. The fourth-order valence-electron chi connectivity index (χ4n) is 1.09. The van der Waals surface area contributed by atoms with E-state index in [9.17, 15) is 28.8 Å². The van der Waals surface area contributed by atoms with E-state index in [1.807, 2.05) is 5.32 Å². The van der Waals surface area contributed by atoms with Crippen LogP contribution in [0.3, 0.4) is 0 Å². The number of phenols is 1. The van der Waals surface area contributed by atoms with E-state index >= 15 is 0 Å². The second-order valence-electron chi connectivity index (χ2n) is 3.06. The molecule has 0 fully saturated rings. The van der Waals surface area contributed by atoms with E-state index in [0.29, 0.717) is 0 Å². The number of alkyl halides is 2. The number of rotatable bonds is 4. The first-order valence-corrected chi connectivity index (χ1v) is 4.45. The lowest BCUT2D eigenvalue weighted by Crippen LogP contribution is -2.28. The van der Waals surface area contributed by atoms with Gasteiger partial charge in [-0.25, -0.2) is 8.78 Å². The Morgan fingerprint density at radius 2 is 2.18 bits per heavy atom. The van der Waals surface area contributed by atoms with E-state index in [-0.39, 0.29) is 5.56 Å². The van der Waals surface area contributed by atoms with Gasteiger partial charge in [0.1, 0.15) is 5.75 Å². The van der Waals surface area contributed by atoms with E-state index in [1.165, 1.54) is 0 Å². The highest BCUT2D eigenvalue weighted by atomic mass is 19.3. The second-order valence-corrected chi connectivity index (χ2v) is 3.06. The van der Waals surface area contributed by atoms with Crippen molar-refractivity contribution in [3.8, 4) is 5.75 Å². The van der Waals surface area contributed by atoms with Gasteiger partial charge in [-0.05, 0) is 6.07 Å². The average Bonchev–Trinajstić information content (AvgIpc) is 2.25. The molecule has 8 heteroatoms. The normalized spacial score (nSPS) is 10.3. The summed E-state index contributed by atoms with van der Waals surface area (Å²) >= 11 is 0. The van der Waals surface area contributed by atoms with Crippen molar-refractivity contribution in [1.82, 2.24) is 5.32 Å². The minimum atomic E-state index is -2.71. The summed E-state index contributed by atoms with van der Waals surface area (Å²) < 4.78 is 23.6. The van der Waals surface area contributed by atoms with Gasteiger partial charge in [0.2, 0.25) is 0 Å². The molecule has 0 radical (unpaired) electrons. The van der Waals surface area contributed by atoms with Gasteiger partial charge in [-0.2, -0.15) is 0 Å². The molecule has 1 aromatic rings. The lowest BCUT2D eigenvalue weighted by molar-refractivity contribution is -0.384. The molecule has 0 heterocycles. The van der Waals surface area contributed by atoms with Gasteiger partial charge in [-0.1, -0.05) is 0 Å². The third-order valence-electron chi connectivity index (χ3n) is 1.85. The van der Waals surface area contributed by atoms with Crippen molar-refractivity contribution in [2.24, 2.45) is 0 Å². The minimum Gasteiger partial charge on any atom is -0.507 e. The van der Waals surface area contributed by atoms with Crippen molar-refractivity contribution in [2.45, 2.75) is 6.43 Å². The van der Waals surface area contributed by atoms with Crippen LogP contribution in [-0.4, -0.2) is 28.9 Å². The van der Waals surface area contributed by atoms with Gasteiger partial charge in [-0.3, -0.25) is 14.9 Å². The van der Waals surface area contributed by atoms with Crippen molar-refractivity contribution in [3.05, 3.63) is 33.9 Å². The average molecular weight is 246 g/mol. The largest absolute Gasteiger partial charge is 0.507 e. The molecule has 1 rings (SSSR count). The number of nitrogens with one attached hydrogen (secondary N) is 1. The molecule has 0 aromatic heterocycles. The molecule has 0 bridgehead atoms. The number of hydrogen-bond acceptors (Lipinski definition) is 4. The van der Waals surface area contributed by atoms with E-state index in [0.717, 1.165) is 18.2 Å². The first-order valence-electron chi connectivity index (χ1n) is 4.45. The first-order chi connectivity index (χ1) is 7.91. The number of aromatic hydroxyl groups is 1. The quantitative estimate of drug-likeness (QED) is 0.618. The van der Waals surface area contributed by atoms with E-state index in [1.54, 1.807) is 0 Å². The Bertz CT molecular complexity index is 451. The Balaban J connectivity index is 2.85. The zero-order chi connectivity index (χ0) is 13.0. The molecule has 1 amide bonds. The highest BCUT2D eigenvalue weighted by Gasteiger charge is 2.16. The van der Waals surface area contributed by atoms with Crippen molar-refractivity contribution in [1.29, 1.82) is 0 Å². The smallest absolute Gasteiger partial charge is 0.273 e. The number of hydrogen-bond donors (Lipinski definition) is 2. The Morgan fingerprint density at radius 3 is 2.65 bits per heavy atom. The number of benzene rings is 1. The van der Waals surface area contributed by atoms with Gasteiger partial charge in [0.05, 0.1) is 23.1 Å². The van der Waals surface area contributed by atoms with Crippen LogP contribution < -0.4 is 5.32 Å². The maximum absolute atomic E-state index is 11.8. The van der Waals surface area contributed by atoms with Crippen molar-refractivity contribution in [3.63, 3.8) is 0 Å². The van der Waals surface area contributed by atoms with Crippen LogP contribution in [-0.2, 0) is 0 Å². The zero-order valence-electron chi connectivity index (χ0n) is 8.39. The molecule has 0 saturated carbocycles. The molecule has 0 unspecified atom stereocenters. The molecule has 1 aromatic carbocycles. The van der Waals surface area contributed by atoms with Crippen LogP contribution in [0.2, 0.25) is 0 Å². The van der Waals surface area contributed by atoms with Gasteiger partial charge < -0.3 is 10.4 Å². The second kappa shape index (κ2) is 5.19. The molecule has 2 N–H and O–H groups in total. The molecule has 0 spiro atoms. The molecular weight excluding hydrogens is 238 g/mol. The summed E-state index contributed by atoms with van der Waals surface area (Å²) in [6.07, 6.45) is -2.71. The maximum Gasteiger partial charge on any atom is 0.273 e. The molecule has 0 saturated heterocycles. The molecule has 6 nitrogen and oxygen atoms in total. The number of phenolic OH excluding ortho intramolecular Hbond substituents is 1. The summed E-state index contributed by atoms with van der Waals surface area (Å²) in [4.78, 5) is 20.9. The zero-order valence-corrected chi connectivity index (χ0v) is 8.39. The number of carbonyl (C=O) groups excluding carboxylic acids is 1. The highest BCUT2D eigenvalue weighted by Crippen LogP contribution is 2.23. The van der Waals surface area contributed by atoms with E-state index < -0.39 is 35.2 Å². The predicted molar refractivity (Wildman–Crippen MR) is 53.1 cm³/mol. The topological polar surface area (TPSA) is 92.5 Å². The molecule has 0 aliphatic heterocycles. The molecule has 0 aliphatic rings. The first kappa shape index (κ1) is 12.8. The molecule has 0 atom stereocenters. The van der Waals surface area contributed by atoms with Crippen LogP contribution in [0.1, 0.15) is 10.4 Å². The minimum absolute atomic E-state index is 0.295. The lowest BCUT2D eigenvalue weighted by Gasteiger charge is -2.05. The summed E-state index contributed by atoms with van der Waals surface area (Å²) in [6, 6.07) is 2.77. The van der Waals surface area contributed by atoms with Crippen LogP contribution in [0.15, 0.2) is 18.2 Å². The number of nitro benzene ring substituents is 1. The SMILES string of the molecule is O=C(NCC(F)F)c1ccc([N+](=O)[O-])cc1O. The predicted octanol–water partition coefficient (Wildman–Crippen LogP) is 1.30. The summed E-state index contributed by atoms with van der Waals surface area (Å²) in [5.74, 6) is -1.55. The number of amides is 1. The summed E-state index contributed by atoms with van der Waals surface area (Å²) in [5.41, 5.74) is -0.691. The summed E-state index contributed by atoms with van der Waals surface area (Å²) in [6.45, 7) is -0.852. The van der Waals surface area contributed by atoms with Gasteiger partial charge in [0.25, 0.3) is 18.0 Å². The molecule has 17 heavy (non-hydrogen) atoms. The van der Waals surface area contributed by atoms with Crippen molar-refractivity contribution < 1.29 is 23.6 Å². The van der Waals surface area contributed by atoms with Gasteiger partial charge in [-0.15, -0.1) is 0 Å². The Labute approximate surface area is 94.0 Å². The fraction of sp³-hybridized carbons (Fsp3) is 0.222. The van der Waals surface area contributed by atoms with E-state index in [2.05, 4.69) is 0 Å². The standard InChI is InChI=1S/C9H8F2N2O4/c10-8(11)4-12-9(15)6-2-1-5(13(16)17)3-7(6)14/h1-3,8,14H,4H2,(H,12,15). The van der Waals surface area contributed by atoms with Crippen molar-refractivity contribution in [2.75, 3.05) is 6.54 Å². The highest BCUT2D eigenvalue weighted by molar-refractivity contribution is 5.97. The Kier molecular flexibility index (Phi) is 3.91. The van der Waals surface area contributed by atoms with Gasteiger partial charge >= 0.3 is 0 Å². The maximum atomic E-state index is 11.8. The van der Waals surface area contributed by atoms with Gasteiger partial charge in [0.15, 0.2) is 0 Å². The molecule has 0 aliphatic carbocycles. The summed E-state index contributed by atoms with van der Waals surface area (Å²) in [5, 5.41) is 21.5. The van der Waals surface area contributed by atoms with Crippen molar-refractivity contribution >= 4 is 11.6 Å². The molecular formula is C9H8F2N2O4. The third kappa shape index (κ3) is 3.37.